The Hall–Kier alpha value is -2.56. The highest BCUT2D eigenvalue weighted by Gasteiger charge is 2.15. The third kappa shape index (κ3) is 4.75. The largest absolute Gasteiger partial charge is 0.493 e. The van der Waals surface area contributed by atoms with Gasteiger partial charge >= 0.3 is 5.97 Å². The van der Waals surface area contributed by atoms with E-state index in [1.807, 2.05) is 17.9 Å². The number of hydrogen-bond acceptors (Lipinski definition) is 4. The number of carboxylic acids is 1. The number of nitrogens with zero attached hydrogens (tertiary/aromatic N) is 2. The van der Waals surface area contributed by atoms with E-state index < -0.39 is 5.97 Å². The second kappa shape index (κ2) is 8.70. The molecule has 0 atom stereocenters. The van der Waals surface area contributed by atoms with Gasteiger partial charge in [-0.15, -0.1) is 0 Å². The van der Waals surface area contributed by atoms with Crippen molar-refractivity contribution in [3.8, 4) is 5.75 Å². The molecular weight excluding hydrogens is 327 g/mol. The maximum atomic E-state index is 11.0. The van der Waals surface area contributed by atoms with Gasteiger partial charge in [-0.05, 0) is 42.5 Å². The minimum atomic E-state index is -0.974. The molecule has 0 amide bonds. The van der Waals surface area contributed by atoms with E-state index in [1.54, 1.807) is 12.1 Å². The van der Waals surface area contributed by atoms with E-state index in [0.29, 0.717) is 30.8 Å². The van der Waals surface area contributed by atoms with Gasteiger partial charge in [0, 0.05) is 24.5 Å². The van der Waals surface area contributed by atoms with Gasteiger partial charge in [-0.25, -0.2) is 9.78 Å². The van der Waals surface area contributed by atoms with Gasteiger partial charge in [0.05, 0.1) is 12.2 Å². The van der Waals surface area contributed by atoms with Gasteiger partial charge in [0.1, 0.15) is 11.6 Å². The summed E-state index contributed by atoms with van der Waals surface area (Å²) in [6.07, 6.45) is 1.39. The molecular formula is C21H28N2O3. The zero-order valence-electron chi connectivity index (χ0n) is 16.2. The van der Waals surface area contributed by atoms with Gasteiger partial charge in [-0.3, -0.25) is 0 Å². The van der Waals surface area contributed by atoms with E-state index in [1.165, 1.54) is 11.8 Å². The fourth-order valence-corrected chi connectivity index (χ4v) is 2.70. The van der Waals surface area contributed by atoms with Crippen LogP contribution in [-0.4, -0.2) is 29.2 Å². The third-order valence-electron chi connectivity index (χ3n) is 4.09. The summed E-state index contributed by atoms with van der Waals surface area (Å²) in [5, 5.41) is 9.04. The molecule has 0 unspecified atom stereocenters. The first-order valence-corrected chi connectivity index (χ1v) is 9.07. The molecule has 0 fully saturated rings. The summed E-state index contributed by atoms with van der Waals surface area (Å²) >= 11 is 0. The molecule has 0 saturated carbocycles. The van der Waals surface area contributed by atoms with Gasteiger partial charge in [0.25, 0.3) is 0 Å². The molecule has 5 nitrogen and oxygen atoms in total. The maximum Gasteiger partial charge on any atom is 0.337 e. The number of aromatic carboxylic acids is 1. The molecule has 1 N–H and O–H groups in total. The standard InChI is InChI=1S/C21H28N2O3/c1-6-23(20-10-7-16(12-22-20)21(24)25)17-8-9-18(15(4)5)19(11-17)26-13-14(2)3/h7-12,14-15H,6,13H2,1-5H3,(H,24,25)/i21-1. The van der Waals surface area contributed by atoms with Crippen LogP contribution in [0.1, 0.15) is 56.5 Å². The van der Waals surface area contributed by atoms with E-state index in [4.69, 9.17) is 9.84 Å². The number of pyridine rings is 1. The summed E-state index contributed by atoms with van der Waals surface area (Å²) in [5.74, 6) is 1.45. The van der Waals surface area contributed by atoms with E-state index in [-0.39, 0.29) is 5.56 Å². The van der Waals surface area contributed by atoms with Crippen molar-refractivity contribution in [1.29, 1.82) is 0 Å². The van der Waals surface area contributed by atoms with E-state index >= 15 is 0 Å². The van der Waals surface area contributed by atoms with E-state index in [9.17, 15) is 4.79 Å². The van der Waals surface area contributed by atoms with E-state index in [2.05, 4.69) is 44.8 Å². The van der Waals surface area contributed by atoms with Crippen LogP contribution < -0.4 is 9.64 Å². The molecule has 0 saturated heterocycles. The number of rotatable bonds is 8. The fourth-order valence-electron chi connectivity index (χ4n) is 2.70. The molecule has 0 radical (unpaired) electrons. The zero-order valence-corrected chi connectivity index (χ0v) is 16.2. The number of carboxylic acid groups (broad SMARTS) is 1. The first-order chi connectivity index (χ1) is 12.3. The molecule has 0 aliphatic rings. The summed E-state index contributed by atoms with van der Waals surface area (Å²) in [4.78, 5) is 17.4. The first kappa shape index (κ1) is 19.8. The van der Waals surface area contributed by atoms with Crippen molar-refractivity contribution < 1.29 is 14.6 Å². The van der Waals surface area contributed by atoms with Crippen molar-refractivity contribution in [2.75, 3.05) is 18.1 Å². The maximum absolute atomic E-state index is 11.0. The number of hydrogen-bond donors (Lipinski definition) is 1. The average molecular weight is 355 g/mol. The van der Waals surface area contributed by atoms with Crippen LogP contribution in [0.25, 0.3) is 0 Å². The number of anilines is 2. The van der Waals surface area contributed by atoms with Crippen LogP contribution in [0.15, 0.2) is 36.5 Å². The summed E-state index contributed by atoms with van der Waals surface area (Å²) in [5.41, 5.74) is 2.34. The predicted octanol–water partition coefficient (Wildman–Crippen LogP) is 5.10. The quantitative estimate of drug-likeness (QED) is 0.714. The molecule has 140 valence electrons. The SMILES string of the molecule is CCN(c1ccc(C(C)C)c(OCC(C)C)c1)c1ccc([11C](=O)O)cn1. The molecule has 26 heavy (non-hydrogen) atoms. The van der Waals surface area contributed by atoms with Gasteiger partial charge in [0.15, 0.2) is 0 Å². The highest BCUT2D eigenvalue weighted by molar-refractivity contribution is 5.87. The summed E-state index contributed by atoms with van der Waals surface area (Å²) < 4.78 is 6.06. The lowest BCUT2D eigenvalue weighted by atomic mass is 9.97. The molecule has 2 rings (SSSR count). The van der Waals surface area contributed by atoms with Crippen LogP contribution in [-0.2, 0) is 0 Å². The van der Waals surface area contributed by atoms with Crippen molar-refractivity contribution in [3.63, 3.8) is 0 Å². The lowest BCUT2D eigenvalue weighted by Gasteiger charge is -2.24. The Labute approximate surface area is 155 Å². The zero-order chi connectivity index (χ0) is 19.3. The fraction of sp³-hybridized carbons (Fsp3) is 0.429. The molecule has 0 spiro atoms. The molecule has 1 aromatic carbocycles. The second-order valence-electron chi connectivity index (χ2n) is 7.04. The lowest BCUT2D eigenvalue weighted by molar-refractivity contribution is 0.0696. The van der Waals surface area contributed by atoms with Gasteiger partial charge in [-0.2, -0.15) is 0 Å². The first-order valence-electron chi connectivity index (χ1n) is 9.07. The topological polar surface area (TPSA) is 62.7 Å². The average Bonchev–Trinajstić information content (AvgIpc) is 2.61. The van der Waals surface area contributed by atoms with Crippen LogP contribution >= 0.6 is 0 Å². The Morgan fingerprint density at radius 2 is 1.92 bits per heavy atom. The molecule has 0 aliphatic carbocycles. The lowest BCUT2D eigenvalue weighted by Crippen LogP contribution is -2.18. The van der Waals surface area contributed by atoms with Gasteiger partial charge in [0.2, 0.25) is 0 Å². The Kier molecular flexibility index (Phi) is 6.61. The molecule has 2 aromatic rings. The Morgan fingerprint density at radius 1 is 1.19 bits per heavy atom. The Morgan fingerprint density at radius 3 is 2.42 bits per heavy atom. The summed E-state index contributed by atoms with van der Waals surface area (Å²) in [6.45, 7) is 12.0. The molecule has 1 aromatic heterocycles. The monoisotopic (exact) mass is 355 g/mol. The van der Waals surface area contributed by atoms with Crippen molar-refractivity contribution >= 4 is 17.5 Å². The van der Waals surface area contributed by atoms with Crippen LogP contribution in [0.4, 0.5) is 11.5 Å². The van der Waals surface area contributed by atoms with Crippen molar-refractivity contribution in [2.24, 2.45) is 5.92 Å². The minimum absolute atomic E-state index is 0.181. The summed E-state index contributed by atoms with van der Waals surface area (Å²) in [7, 11) is 0. The summed E-state index contributed by atoms with van der Waals surface area (Å²) in [6, 6.07) is 9.52. The number of carbonyl (C=O) groups is 1. The normalized spacial score (nSPS) is 11.0. The number of benzene rings is 1. The van der Waals surface area contributed by atoms with Crippen LogP contribution in [0.3, 0.4) is 0 Å². The van der Waals surface area contributed by atoms with Gasteiger partial charge in [-0.1, -0.05) is 33.8 Å². The smallest absolute Gasteiger partial charge is 0.337 e. The van der Waals surface area contributed by atoms with Crippen LogP contribution in [0.5, 0.6) is 5.75 Å². The van der Waals surface area contributed by atoms with Crippen molar-refractivity contribution in [1.82, 2.24) is 4.98 Å². The van der Waals surface area contributed by atoms with Crippen molar-refractivity contribution in [3.05, 3.63) is 47.7 Å². The second-order valence-corrected chi connectivity index (χ2v) is 7.04. The Bertz CT molecular complexity index is 739. The van der Waals surface area contributed by atoms with Crippen LogP contribution in [0, 0.1) is 5.92 Å². The van der Waals surface area contributed by atoms with E-state index in [0.717, 1.165) is 11.4 Å². The molecule has 0 bridgehead atoms. The highest BCUT2D eigenvalue weighted by Crippen LogP contribution is 2.33. The van der Waals surface area contributed by atoms with Crippen molar-refractivity contribution in [2.45, 2.75) is 40.5 Å². The predicted molar refractivity (Wildman–Crippen MR) is 105 cm³/mol. The molecule has 1 heterocycles. The number of aromatic nitrogens is 1. The molecule has 5 heteroatoms. The van der Waals surface area contributed by atoms with Gasteiger partial charge < -0.3 is 14.7 Å². The third-order valence-corrected chi connectivity index (χ3v) is 4.09. The van der Waals surface area contributed by atoms with Crippen LogP contribution in [0.2, 0.25) is 0 Å². The highest BCUT2D eigenvalue weighted by atomic mass is 16.5. The molecule has 0 aliphatic heterocycles. The minimum Gasteiger partial charge on any atom is -0.493 e. The number of ether oxygens (including phenoxy) is 1. The Balaban J connectivity index is 2.37.